The maximum absolute atomic E-state index is 14.5. The van der Waals surface area contributed by atoms with Crippen molar-refractivity contribution >= 4 is 28.9 Å². The monoisotopic (exact) mass is 615 g/mol. The summed E-state index contributed by atoms with van der Waals surface area (Å²) in [5.41, 5.74) is 0.211. The van der Waals surface area contributed by atoms with Gasteiger partial charge >= 0.3 is 17.8 Å². The zero-order chi connectivity index (χ0) is 32.0. The number of carbonyl (C=O) groups is 2. The average Bonchev–Trinajstić information content (AvgIpc) is 3.56. The molecule has 2 N–H and O–H groups in total. The summed E-state index contributed by atoms with van der Waals surface area (Å²) in [5.74, 6) is -1.02. The number of hydrogen-bond donors (Lipinski definition) is 2. The summed E-state index contributed by atoms with van der Waals surface area (Å²) >= 11 is 0. The average molecular weight is 616 g/mol. The van der Waals surface area contributed by atoms with Gasteiger partial charge in [-0.25, -0.2) is 4.98 Å². The number of nitrogens with one attached hydrogen (secondary N) is 1. The van der Waals surface area contributed by atoms with Crippen molar-refractivity contribution in [3.05, 3.63) is 12.4 Å². The van der Waals surface area contributed by atoms with E-state index in [9.17, 15) is 19.1 Å². The van der Waals surface area contributed by atoms with E-state index in [0.717, 1.165) is 38.5 Å². The molecule has 3 heterocycles. The summed E-state index contributed by atoms with van der Waals surface area (Å²) in [6, 6.07) is 0. The van der Waals surface area contributed by atoms with Gasteiger partial charge in [0.1, 0.15) is 12.3 Å². The number of carbonyl (C=O) groups excluding carboxylic acids is 2. The van der Waals surface area contributed by atoms with E-state index < -0.39 is 36.1 Å². The maximum atomic E-state index is 14.5. The van der Waals surface area contributed by atoms with E-state index in [-0.39, 0.29) is 35.7 Å². The van der Waals surface area contributed by atoms with Gasteiger partial charge in [0.25, 0.3) is 0 Å². The third kappa shape index (κ3) is 9.96. The lowest BCUT2D eigenvalue weighted by Gasteiger charge is -2.27. The van der Waals surface area contributed by atoms with Crippen LogP contribution < -0.4 is 5.32 Å². The van der Waals surface area contributed by atoms with E-state index in [1.54, 1.807) is 6.92 Å². The van der Waals surface area contributed by atoms with Gasteiger partial charge in [0.2, 0.25) is 5.91 Å². The Kier molecular flexibility index (Phi) is 14.5. The zero-order valence-corrected chi connectivity index (χ0v) is 26.7. The van der Waals surface area contributed by atoms with Crippen molar-refractivity contribution < 1.29 is 28.6 Å². The van der Waals surface area contributed by atoms with E-state index >= 15 is 0 Å². The highest BCUT2D eigenvalue weighted by Gasteiger charge is 2.52. The second-order valence-corrected chi connectivity index (χ2v) is 12.0. The van der Waals surface area contributed by atoms with Crippen molar-refractivity contribution in [1.82, 2.24) is 19.5 Å². The number of aromatic nitrogens is 4. The number of hydrogen-bond acceptors (Lipinski definition) is 8. The van der Waals surface area contributed by atoms with Crippen molar-refractivity contribution in [2.45, 2.75) is 148 Å². The van der Waals surface area contributed by atoms with Crippen LogP contribution in [0.2, 0.25) is 0 Å². The molecule has 1 saturated heterocycles. The highest BCUT2D eigenvalue weighted by molar-refractivity contribution is 5.96. The molecule has 1 aliphatic rings. The lowest BCUT2D eigenvalue weighted by Crippen LogP contribution is -2.43. The summed E-state index contributed by atoms with van der Waals surface area (Å²) < 4.78 is 27.4. The molecule has 2 aromatic heterocycles. The topological polar surface area (TPSA) is 128 Å². The Morgan fingerprint density at radius 1 is 1.09 bits per heavy atom. The molecule has 3 rings (SSSR count). The van der Waals surface area contributed by atoms with Crippen molar-refractivity contribution in [2.24, 2.45) is 5.92 Å². The SMILES string of the molecule is C#C[C@]1(OC(=O)C(C)CCCCC)O[C@@H](n2cnc3c(NC(=O)CCCCCCCCCCCCC)nc(F)nc32)C[C@@H]1O. The summed E-state index contributed by atoms with van der Waals surface area (Å²) in [7, 11) is 0. The first-order chi connectivity index (χ1) is 21.2. The summed E-state index contributed by atoms with van der Waals surface area (Å²) in [6.07, 6.45) is 20.4. The summed E-state index contributed by atoms with van der Waals surface area (Å²) in [6.45, 7) is 6.05. The molecule has 0 spiro atoms. The van der Waals surface area contributed by atoms with E-state index in [1.165, 1.54) is 62.3 Å². The third-order valence-electron chi connectivity index (χ3n) is 8.24. The maximum Gasteiger partial charge on any atom is 0.312 e. The number of amides is 1. The highest BCUT2D eigenvalue weighted by Crippen LogP contribution is 2.39. The van der Waals surface area contributed by atoms with Gasteiger partial charge in [-0.05, 0) is 18.8 Å². The number of halogens is 1. The molecule has 44 heavy (non-hydrogen) atoms. The number of aliphatic hydroxyl groups excluding tert-OH is 1. The van der Waals surface area contributed by atoms with E-state index in [4.69, 9.17) is 15.9 Å². The lowest BCUT2D eigenvalue weighted by atomic mass is 10.0. The minimum atomic E-state index is -2.01. The molecule has 244 valence electrons. The molecular weight excluding hydrogens is 565 g/mol. The van der Waals surface area contributed by atoms with Crippen LogP contribution in [0.4, 0.5) is 10.2 Å². The molecular formula is C33H50FN5O5. The van der Waals surface area contributed by atoms with Gasteiger partial charge in [0.15, 0.2) is 17.0 Å². The van der Waals surface area contributed by atoms with Crippen LogP contribution in [0.25, 0.3) is 11.2 Å². The molecule has 0 saturated carbocycles. The first-order valence-electron chi connectivity index (χ1n) is 16.5. The molecule has 4 atom stereocenters. The van der Waals surface area contributed by atoms with Crippen LogP contribution in [0.5, 0.6) is 0 Å². The van der Waals surface area contributed by atoms with Crippen molar-refractivity contribution in [3.8, 4) is 12.3 Å². The lowest BCUT2D eigenvalue weighted by molar-refractivity contribution is -0.229. The Hall–Kier alpha value is -3.10. The molecule has 1 unspecified atom stereocenters. The Morgan fingerprint density at radius 3 is 2.34 bits per heavy atom. The Morgan fingerprint density at radius 2 is 1.70 bits per heavy atom. The molecule has 2 aromatic rings. The number of imidazole rings is 1. The van der Waals surface area contributed by atoms with Crippen LogP contribution in [-0.2, 0) is 19.1 Å². The van der Waals surface area contributed by atoms with Gasteiger partial charge in [-0.15, -0.1) is 6.42 Å². The number of esters is 1. The van der Waals surface area contributed by atoms with Crippen LogP contribution in [0.3, 0.4) is 0 Å². The van der Waals surface area contributed by atoms with Gasteiger partial charge in [-0.2, -0.15) is 14.4 Å². The predicted octanol–water partition coefficient (Wildman–Crippen LogP) is 6.97. The fourth-order valence-corrected chi connectivity index (χ4v) is 5.50. The number of ether oxygens (including phenoxy) is 2. The number of fused-ring (bicyclic) bond motifs is 1. The largest absolute Gasteiger partial charge is 0.418 e. The van der Waals surface area contributed by atoms with Crippen LogP contribution in [0.1, 0.15) is 136 Å². The molecule has 10 nitrogen and oxygen atoms in total. The number of rotatable bonds is 20. The Labute approximate surface area is 260 Å². The molecule has 1 amide bonds. The summed E-state index contributed by atoms with van der Waals surface area (Å²) in [5, 5.41) is 13.5. The Bertz CT molecular complexity index is 1250. The van der Waals surface area contributed by atoms with Crippen molar-refractivity contribution in [1.29, 1.82) is 0 Å². The normalized spacial score (nSPS) is 20.5. The van der Waals surface area contributed by atoms with Crippen molar-refractivity contribution in [3.63, 3.8) is 0 Å². The van der Waals surface area contributed by atoms with Gasteiger partial charge in [-0.1, -0.05) is 104 Å². The van der Waals surface area contributed by atoms with Gasteiger partial charge < -0.3 is 19.9 Å². The molecule has 0 radical (unpaired) electrons. The molecule has 0 bridgehead atoms. The quantitative estimate of drug-likeness (QED) is 0.0707. The van der Waals surface area contributed by atoms with Gasteiger partial charge in [0, 0.05) is 12.8 Å². The van der Waals surface area contributed by atoms with Crippen LogP contribution >= 0.6 is 0 Å². The molecule has 1 fully saturated rings. The van der Waals surface area contributed by atoms with Gasteiger partial charge in [-0.3, -0.25) is 14.2 Å². The number of aliphatic hydroxyl groups is 1. The fourth-order valence-electron chi connectivity index (χ4n) is 5.50. The smallest absolute Gasteiger partial charge is 0.312 e. The van der Waals surface area contributed by atoms with E-state index in [1.807, 2.05) is 0 Å². The first-order valence-corrected chi connectivity index (χ1v) is 16.5. The minimum Gasteiger partial charge on any atom is -0.418 e. The van der Waals surface area contributed by atoms with Gasteiger partial charge in [0.05, 0.1) is 12.2 Å². The van der Waals surface area contributed by atoms with E-state index in [0.29, 0.717) is 6.42 Å². The fraction of sp³-hybridized carbons (Fsp3) is 0.727. The number of anilines is 1. The Balaban J connectivity index is 1.55. The zero-order valence-electron chi connectivity index (χ0n) is 26.7. The number of unbranched alkanes of at least 4 members (excludes halogenated alkanes) is 12. The third-order valence-corrected chi connectivity index (χ3v) is 8.24. The minimum absolute atomic E-state index is 0.0478. The second-order valence-electron chi connectivity index (χ2n) is 12.0. The van der Waals surface area contributed by atoms with Crippen molar-refractivity contribution in [2.75, 3.05) is 5.32 Å². The molecule has 0 aromatic carbocycles. The first kappa shape index (κ1) is 35.4. The number of terminal acetylenes is 1. The summed E-state index contributed by atoms with van der Waals surface area (Å²) in [4.78, 5) is 37.3. The second kappa shape index (κ2) is 18.0. The van der Waals surface area contributed by atoms with Crippen LogP contribution in [-0.4, -0.2) is 48.4 Å². The number of nitrogens with zero attached hydrogens (tertiary/aromatic N) is 4. The van der Waals surface area contributed by atoms with Crippen LogP contribution in [0.15, 0.2) is 6.33 Å². The molecule has 1 aliphatic heterocycles. The van der Waals surface area contributed by atoms with E-state index in [2.05, 4.69) is 40.0 Å². The highest BCUT2D eigenvalue weighted by atomic mass is 19.1. The predicted molar refractivity (Wildman–Crippen MR) is 167 cm³/mol. The molecule has 11 heteroatoms. The van der Waals surface area contributed by atoms with Crippen LogP contribution in [0, 0.1) is 24.3 Å². The standard InChI is InChI=1S/C33H50FN5O5/c1-5-8-10-11-12-13-14-15-16-17-19-21-26(41)36-29-28-30(38-32(34)37-29)39(23-35-28)27-22-25(40)33(7-3,43-27)44-31(42)24(4)20-18-9-6-2/h3,23-25,27,40H,5-6,8-22H2,1-2,4H3,(H,36,37,38,41)/t24?,25-,27+,33+/m0/s1. The molecule has 0 aliphatic carbocycles.